The van der Waals surface area contributed by atoms with Gasteiger partial charge in [-0.15, -0.1) is 0 Å². The third kappa shape index (κ3) is 3.12. The summed E-state index contributed by atoms with van der Waals surface area (Å²) in [6.45, 7) is 1.37. The van der Waals surface area contributed by atoms with Crippen molar-refractivity contribution in [1.29, 1.82) is 0 Å². The minimum atomic E-state index is -0.517. The molecule has 0 aromatic heterocycles. The largest absolute Gasteiger partial charge is 0.378 e. The molecular formula is C21H28N2O3. The Labute approximate surface area is 154 Å². The molecule has 0 spiro atoms. The predicted molar refractivity (Wildman–Crippen MR) is 100 cm³/mol. The summed E-state index contributed by atoms with van der Waals surface area (Å²) in [5.74, 6) is 2.55. The quantitative estimate of drug-likeness (QED) is 0.868. The number of nitrogens with one attached hydrogen (secondary N) is 2. The molecular weight excluding hydrogens is 328 g/mol. The lowest BCUT2D eigenvalue weighted by atomic mass is 9.53. The second-order valence-corrected chi connectivity index (χ2v) is 8.79. The third-order valence-corrected chi connectivity index (χ3v) is 6.73. The van der Waals surface area contributed by atoms with Crippen LogP contribution in [0, 0.1) is 17.8 Å². The highest BCUT2D eigenvalue weighted by Gasteiger charge is 2.51. The van der Waals surface area contributed by atoms with Gasteiger partial charge in [0.2, 0.25) is 0 Å². The average molecular weight is 356 g/mol. The summed E-state index contributed by atoms with van der Waals surface area (Å²) in [6.07, 6.45) is 7.61. The number of para-hydroxylation sites is 2. The van der Waals surface area contributed by atoms with E-state index in [1.54, 1.807) is 0 Å². The molecule has 1 amide bonds. The molecule has 1 atom stereocenters. The number of carbonyl (C=O) groups is 1. The molecule has 4 bridgehead atoms. The van der Waals surface area contributed by atoms with Crippen LogP contribution in [-0.4, -0.2) is 37.4 Å². The second kappa shape index (κ2) is 6.54. The Kier molecular flexibility index (Phi) is 4.17. The van der Waals surface area contributed by atoms with Crippen molar-refractivity contribution in [2.24, 2.45) is 17.8 Å². The molecule has 1 aliphatic heterocycles. The van der Waals surface area contributed by atoms with Crippen LogP contribution in [0.4, 0.5) is 11.4 Å². The maximum Gasteiger partial charge on any atom is 0.255 e. The number of rotatable bonds is 4. The van der Waals surface area contributed by atoms with Gasteiger partial charge in [-0.3, -0.25) is 4.79 Å². The van der Waals surface area contributed by atoms with E-state index in [-0.39, 0.29) is 11.4 Å². The normalized spacial score (nSPS) is 38.2. The molecule has 140 valence electrons. The molecule has 4 saturated carbocycles. The minimum Gasteiger partial charge on any atom is -0.378 e. The van der Waals surface area contributed by atoms with Crippen molar-refractivity contribution in [2.75, 3.05) is 30.5 Å². The monoisotopic (exact) mass is 356 g/mol. The first-order chi connectivity index (χ1) is 12.7. The van der Waals surface area contributed by atoms with E-state index < -0.39 is 6.10 Å². The van der Waals surface area contributed by atoms with Gasteiger partial charge in [-0.1, -0.05) is 12.1 Å². The van der Waals surface area contributed by atoms with E-state index in [0.717, 1.165) is 29.1 Å². The molecule has 5 heteroatoms. The van der Waals surface area contributed by atoms with Crippen molar-refractivity contribution in [3.63, 3.8) is 0 Å². The molecule has 5 nitrogen and oxygen atoms in total. The summed E-state index contributed by atoms with van der Waals surface area (Å²) in [4.78, 5) is 12.5. The number of hydrogen-bond donors (Lipinski definition) is 2. The molecule has 5 aliphatic rings. The Morgan fingerprint density at radius 2 is 1.62 bits per heavy atom. The van der Waals surface area contributed by atoms with Crippen LogP contribution in [0.25, 0.3) is 0 Å². The summed E-state index contributed by atoms with van der Waals surface area (Å²) in [5.41, 5.74) is 2.11. The SMILES string of the molecule is O=C(Nc1ccccc1NC12CC3CC(CC(C3)C1)C2)[C@H]1COCCO1. The van der Waals surface area contributed by atoms with Crippen molar-refractivity contribution in [1.82, 2.24) is 0 Å². The van der Waals surface area contributed by atoms with Gasteiger partial charge in [-0.2, -0.15) is 0 Å². The zero-order chi connectivity index (χ0) is 17.6. The van der Waals surface area contributed by atoms with Crippen molar-refractivity contribution < 1.29 is 14.3 Å². The Morgan fingerprint density at radius 3 is 2.23 bits per heavy atom. The Hall–Kier alpha value is -1.59. The maximum atomic E-state index is 12.5. The van der Waals surface area contributed by atoms with Crippen LogP contribution in [0.5, 0.6) is 0 Å². The first kappa shape index (κ1) is 16.6. The number of carbonyl (C=O) groups excluding carboxylic acids is 1. The van der Waals surface area contributed by atoms with Crippen molar-refractivity contribution in [3.8, 4) is 0 Å². The highest BCUT2D eigenvalue weighted by atomic mass is 16.6. The van der Waals surface area contributed by atoms with Gasteiger partial charge in [0.05, 0.1) is 31.2 Å². The topological polar surface area (TPSA) is 59.6 Å². The lowest BCUT2D eigenvalue weighted by Gasteiger charge is -2.57. The predicted octanol–water partition coefficient (Wildman–Crippen LogP) is 3.42. The van der Waals surface area contributed by atoms with Crippen LogP contribution in [0.1, 0.15) is 38.5 Å². The molecule has 0 unspecified atom stereocenters. The zero-order valence-electron chi connectivity index (χ0n) is 15.2. The van der Waals surface area contributed by atoms with Gasteiger partial charge in [0, 0.05) is 5.54 Å². The minimum absolute atomic E-state index is 0.121. The van der Waals surface area contributed by atoms with E-state index in [9.17, 15) is 4.79 Å². The van der Waals surface area contributed by atoms with Gasteiger partial charge in [-0.05, 0) is 68.4 Å². The maximum absolute atomic E-state index is 12.5. The van der Waals surface area contributed by atoms with Crippen LogP contribution < -0.4 is 10.6 Å². The first-order valence-electron chi connectivity index (χ1n) is 10.1. The van der Waals surface area contributed by atoms with Crippen LogP contribution in [0.15, 0.2) is 24.3 Å². The van der Waals surface area contributed by atoms with Crippen molar-refractivity contribution in [3.05, 3.63) is 24.3 Å². The fourth-order valence-electron chi connectivity index (χ4n) is 6.10. The van der Waals surface area contributed by atoms with Crippen LogP contribution in [0.3, 0.4) is 0 Å². The lowest BCUT2D eigenvalue weighted by molar-refractivity contribution is -0.142. The van der Waals surface area contributed by atoms with Crippen LogP contribution in [-0.2, 0) is 14.3 Å². The number of benzene rings is 1. The Morgan fingerprint density at radius 1 is 0.962 bits per heavy atom. The summed E-state index contributed by atoms with van der Waals surface area (Å²) < 4.78 is 10.9. The summed E-state index contributed by atoms with van der Waals surface area (Å²) in [7, 11) is 0. The molecule has 26 heavy (non-hydrogen) atoms. The summed E-state index contributed by atoms with van der Waals surface area (Å²) in [6, 6.07) is 8.08. The molecule has 5 fully saturated rings. The Bertz CT molecular complexity index is 648. The zero-order valence-corrected chi connectivity index (χ0v) is 15.2. The Balaban J connectivity index is 1.33. The van der Waals surface area contributed by atoms with Crippen molar-refractivity contribution >= 4 is 17.3 Å². The van der Waals surface area contributed by atoms with Crippen LogP contribution in [0.2, 0.25) is 0 Å². The van der Waals surface area contributed by atoms with E-state index in [1.807, 2.05) is 18.2 Å². The highest BCUT2D eigenvalue weighted by molar-refractivity contribution is 5.97. The standard InChI is InChI=1S/C21H28N2O3/c24-20(19-13-25-5-6-26-19)22-17-3-1-2-4-18(17)23-21-10-14-7-15(11-21)9-16(8-14)12-21/h1-4,14-16,19,23H,5-13H2,(H,22,24)/t14?,15?,16?,19-,21?/m1/s1. The van der Waals surface area contributed by atoms with Crippen LogP contribution >= 0.6 is 0 Å². The van der Waals surface area contributed by atoms with E-state index in [2.05, 4.69) is 16.7 Å². The molecule has 1 aromatic rings. The number of hydrogen-bond acceptors (Lipinski definition) is 4. The van der Waals surface area contributed by atoms with Gasteiger partial charge < -0.3 is 20.1 Å². The lowest BCUT2D eigenvalue weighted by Crippen LogP contribution is -2.54. The summed E-state index contributed by atoms with van der Waals surface area (Å²) in [5, 5.41) is 6.93. The number of amides is 1. The molecule has 6 rings (SSSR count). The fraction of sp³-hybridized carbons (Fsp3) is 0.667. The van der Waals surface area contributed by atoms with E-state index in [0.29, 0.717) is 19.8 Å². The molecule has 1 aromatic carbocycles. The first-order valence-corrected chi connectivity index (χ1v) is 10.1. The molecule has 4 aliphatic carbocycles. The highest BCUT2D eigenvalue weighted by Crippen LogP contribution is 2.56. The molecule has 1 saturated heterocycles. The van der Waals surface area contributed by atoms with Gasteiger partial charge in [0.15, 0.2) is 6.10 Å². The summed E-state index contributed by atoms with van der Waals surface area (Å²) >= 11 is 0. The number of ether oxygens (including phenoxy) is 2. The molecule has 0 radical (unpaired) electrons. The van der Waals surface area contributed by atoms with E-state index in [1.165, 1.54) is 38.5 Å². The third-order valence-electron chi connectivity index (χ3n) is 6.73. The van der Waals surface area contributed by atoms with Gasteiger partial charge in [0.25, 0.3) is 5.91 Å². The van der Waals surface area contributed by atoms with Gasteiger partial charge in [0.1, 0.15) is 0 Å². The van der Waals surface area contributed by atoms with E-state index in [4.69, 9.17) is 9.47 Å². The average Bonchev–Trinajstić information content (AvgIpc) is 2.63. The molecule has 2 N–H and O–H groups in total. The second-order valence-electron chi connectivity index (χ2n) is 8.79. The van der Waals surface area contributed by atoms with Gasteiger partial charge in [-0.25, -0.2) is 0 Å². The van der Waals surface area contributed by atoms with Crippen molar-refractivity contribution in [2.45, 2.75) is 50.2 Å². The van der Waals surface area contributed by atoms with Gasteiger partial charge >= 0.3 is 0 Å². The fourth-order valence-corrected chi connectivity index (χ4v) is 6.10. The molecule has 1 heterocycles. The smallest absolute Gasteiger partial charge is 0.255 e. The number of anilines is 2. The van der Waals surface area contributed by atoms with E-state index >= 15 is 0 Å².